The van der Waals surface area contributed by atoms with Crippen molar-refractivity contribution >= 4 is 21.7 Å². The van der Waals surface area contributed by atoms with Gasteiger partial charge in [-0.05, 0) is 38.4 Å². The summed E-state index contributed by atoms with van der Waals surface area (Å²) < 4.78 is 6.71. The van der Waals surface area contributed by atoms with E-state index in [0.29, 0.717) is 18.6 Å². The van der Waals surface area contributed by atoms with Gasteiger partial charge < -0.3 is 4.74 Å². The lowest BCUT2D eigenvalue weighted by Crippen LogP contribution is -2.48. The average molecular weight is 354 g/mol. The molecule has 0 saturated carbocycles. The lowest BCUT2D eigenvalue weighted by molar-refractivity contribution is -0.0559. The molecule has 1 aromatic carbocycles. The second-order valence-corrected chi connectivity index (χ2v) is 6.65. The van der Waals surface area contributed by atoms with Crippen molar-refractivity contribution in [2.24, 2.45) is 0 Å². The number of halogens is 1. The highest BCUT2D eigenvalue weighted by molar-refractivity contribution is 9.10. The molecule has 3 nitrogen and oxygen atoms in total. The van der Waals surface area contributed by atoms with Crippen LogP contribution >= 0.6 is 15.9 Å². The van der Waals surface area contributed by atoms with E-state index in [4.69, 9.17) is 4.74 Å². The number of carbonyl (C=O) groups excluding carboxylic acids is 1. The molecule has 0 aromatic heterocycles. The lowest BCUT2D eigenvalue weighted by Gasteiger charge is -2.38. The van der Waals surface area contributed by atoms with Crippen LogP contribution in [0, 0.1) is 0 Å². The lowest BCUT2D eigenvalue weighted by atomic mass is 10.1. The van der Waals surface area contributed by atoms with E-state index < -0.39 is 0 Å². The number of morpholine rings is 1. The van der Waals surface area contributed by atoms with E-state index >= 15 is 0 Å². The molecule has 2 rings (SSSR count). The zero-order chi connectivity index (χ0) is 15.2. The van der Waals surface area contributed by atoms with E-state index in [1.807, 2.05) is 24.3 Å². The van der Waals surface area contributed by atoms with Crippen LogP contribution in [0.4, 0.5) is 0 Å². The number of hydrogen-bond acceptors (Lipinski definition) is 3. The molecular weight excluding hydrogens is 330 g/mol. The van der Waals surface area contributed by atoms with E-state index in [-0.39, 0.29) is 5.78 Å². The second-order valence-electron chi connectivity index (χ2n) is 5.73. The van der Waals surface area contributed by atoms with Gasteiger partial charge in [0.1, 0.15) is 0 Å². The Morgan fingerprint density at radius 2 is 2.10 bits per heavy atom. The molecule has 0 spiro atoms. The molecule has 0 bridgehead atoms. The van der Waals surface area contributed by atoms with Crippen LogP contribution in [0.1, 0.15) is 43.5 Å². The highest BCUT2D eigenvalue weighted by Crippen LogP contribution is 2.16. The predicted molar refractivity (Wildman–Crippen MR) is 88.8 cm³/mol. The zero-order valence-corrected chi connectivity index (χ0v) is 14.4. The Labute approximate surface area is 135 Å². The summed E-state index contributed by atoms with van der Waals surface area (Å²) in [5, 5.41) is 0. The van der Waals surface area contributed by atoms with Gasteiger partial charge in [0, 0.05) is 29.0 Å². The Balaban J connectivity index is 1.80. The van der Waals surface area contributed by atoms with Crippen LogP contribution in [-0.4, -0.2) is 42.5 Å². The third kappa shape index (κ3) is 4.90. The predicted octanol–water partition coefficient (Wildman–Crippen LogP) is 3.91. The SMILES string of the molecule is CCC1COC(C)CN1CCCC(=O)c1ccc(Br)cc1. The van der Waals surface area contributed by atoms with Gasteiger partial charge in [-0.1, -0.05) is 35.0 Å². The molecule has 1 saturated heterocycles. The van der Waals surface area contributed by atoms with Gasteiger partial charge in [-0.3, -0.25) is 9.69 Å². The minimum Gasteiger partial charge on any atom is -0.376 e. The van der Waals surface area contributed by atoms with E-state index in [2.05, 4.69) is 34.7 Å². The molecule has 0 radical (unpaired) electrons. The molecule has 1 fully saturated rings. The van der Waals surface area contributed by atoms with E-state index in [0.717, 1.165) is 42.6 Å². The van der Waals surface area contributed by atoms with Gasteiger partial charge in [0.15, 0.2) is 5.78 Å². The van der Waals surface area contributed by atoms with Gasteiger partial charge >= 0.3 is 0 Å². The van der Waals surface area contributed by atoms with Crippen molar-refractivity contribution in [2.45, 2.75) is 45.3 Å². The highest BCUT2D eigenvalue weighted by atomic mass is 79.9. The third-order valence-corrected chi connectivity index (χ3v) is 4.60. The molecular formula is C17H24BrNO2. The summed E-state index contributed by atoms with van der Waals surface area (Å²) in [6.45, 7) is 7.09. The number of hydrogen-bond donors (Lipinski definition) is 0. The summed E-state index contributed by atoms with van der Waals surface area (Å²) in [5.41, 5.74) is 0.806. The molecule has 2 atom stereocenters. The summed E-state index contributed by atoms with van der Waals surface area (Å²) in [5.74, 6) is 0.233. The van der Waals surface area contributed by atoms with Crippen LogP contribution in [0.25, 0.3) is 0 Å². The fraction of sp³-hybridized carbons (Fsp3) is 0.588. The average Bonchev–Trinajstić information content (AvgIpc) is 2.48. The van der Waals surface area contributed by atoms with Crippen molar-refractivity contribution < 1.29 is 9.53 Å². The summed E-state index contributed by atoms with van der Waals surface area (Å²) in [7, 11) is 0. The van der Waals surface area contributed by atoms with Crippen LogP contribution in [0.15, 0.2) is 28.7 Å². The van der Waals surface area contributed by atoms with Crippen molar-refractivity contribution in [3.05, 3.63) is 34.3 Å². The van der Waals surface area contributed by atoms with E-state index in [1.165, 1.54) is 0 Å². The summed E-state index contributed by atoms with van der Waals surface area (Å²) in [6.07, 6.45) is 2.94. The maximum atomic E-state index is 12.2. The number of carbonyl (C=O) groups is 1. The minimum atomic E-state index is 0.233. The first-order valence-corrected chi connectivity index (χ1v) is 8.54. The number of Topliss-reactive ketones (excluding diaryl/α,β-unsaturated/α-hetero) is 1. The monoisotopic (exact) mass is 353 g/mol. The molecule has 0 N–H and O–H groups in total. The van der Waals surface area contributed by atoms with Gasteiger partial charge in [-0.2, -0.15) is 0 Å². The number of benzene rings is 1. The van der Waals surface area contributed by atoms with Crippen LogP contribution in [0.5, 0.6) is 0 Å². The fourth-order valence-corrected chi connectivity index (χ4v) is 3.05. The van der Waals surface area contributed by atoms with Crippen molar-refractivity contribution in [1.29, 1.82) is 0 Å². The van der Waals surface area contributed by atoms with Crippen LogP contribution in [0.3, 0.4) is 0 Å². The summed E-state index contributed by atoms with van der Waals surface area (Å²) in [6, 6.07) is 8.12. The Morgan fingerprint density at radius 3 is 2.76 bits per heavy atom. The summed E-state index contributed by atoms with van der Waals surface area (Å²) >= 11 is 3.39. The Bertz CT molecular complexity index is 460. The van der Waals surface area contributed by atoms with E-state index in [1.54, 1.807) is 0 Å². The number of nitrogens with zero attached hydrogens (tertiary/aromatic N) is 1. The first-order chi connectivity index (χ1) is 10.1. The minimum absolute atomic E-state index is 0.233. The molecule has 2 unspecified atom stereocenters. The topological polar surface area (TPSA) is 29.5 Å². The molecule has 0 amide bonds. The summed E-state index contributed by atoms with van der Waals surface area (Å²) in [4.78, 5) is 14.6. The fourth-order valence-electron chi connectivity index (χ4n) is 2.79. The molecule has 0 aliphatic carbocycles. The number of ketones is 1. The largest absolute Gasteiger partial charge is 0.376 e. The molecule has 4 heteroatoms. The zero-order valence-electron chi connectivity index (χ0n) is 12.8. The van der Waals surface area contributed by atoms with Gasteiger partial charge in [0.2, 0.25) is 0 Å². The maximum Gasteiger partial charge on any atom is 0.162 e. The molecule has 1 aromatic rings. The van der Waals surface area contributed by atoms with Crippen LogP contribution in [-0.2, 0) is 4.74 Å². The first-order valence-electron chi connectivity index (χ1n) is 7.74. The van der Waals surface area contributed by atoms with Crippen molar-refractivity contribution in [3.63, 3.8) is 0 Å². The van der Waals surface area contributed by atoms with Gasteiger partial charge in [-0.25, -0.2) is 0 Å². The van der Waals surface area contributed by atoms with Gasteiger partial charge in [0.25, 0.3) is 0 Å². The standard InChI is InChI=1S/C17H24BrNO2/c1-3-16-12-21-13(2)11-19(16)10-4-5-17(20)14-6-8-15(18)9-7-14/h6-9,13,16H,3-5,10-12H2,1-2H3. The van der Waals surface area contributed by atoms with Crippen molar-refractivity contribution in [2.75, 3.05) is 19.7 Å². The Morgan fingerprint density at radius 1 is 1.38 bits per heavy atom. The normalized spacial score (nSPS) is 23.2. The molecule has 1 aliphatic rings. The van der Waals surface area contributed by atoms with Gasteiger partial charge in [-0.15, -0.1) is 0 Å². The number of rotatable bonds is 6. The molecule has 21 heavy (non-hydrogen) atoms. The van der Waals surface area contributed by atoms with E-state index in [9.17, 15) is 4.79 Å². The third-order valence-electron chi connectivity index (χ3n) is 4.07. The van der Waals surface area contributed by atoms with Crippen LogP contribution < -0.4 is 0 Å². The molecule has 1 aliphatic heterocycles. The van der Waals surface area contributed by atoms with Crippen LogP contribution in [0.2, 0.25) is 0 Å². The first kappa shape index (κ1) is 16.7. The van der Waals surface area contributed by atoms with Crippen molar-refractivity contribution in [3.8, 4) is 0 Å². The highest BCUT2D eigenvalue weighted by Gasteiger charge is 2.25. The Kier molecular flexibility index (Phi) is 6.40. The van der Waals surface area contributed by atoms with Gasteiger partial charge in [0.05, 0.1) is 12.7 Å². The van der Waals surface area contributed by atoms with Crippen molar-refractivity contribution in [1.82, 2.24) is 4.90 Å². The second kappa shape index (κ2) is 8.06. The number of ether oxygens (including phenoxy) is 1. The molecule has 1 heterocycles. The maximum absolute atomic E-state index is 12.2. The smallest absolute Gasteiger partial charge is 0.162 e. The quantitative estimate of drug-likeness (QED) is 0.726. The molecule has 116 valence electrons. The Hall–Kier alpha value is -0.710.